The van der Waals surface area contributed by atoms with E-state index < -0.39 is 0 Å². The van der Waals surface area contributed by atoms with Crippen LogP contribution in [0.1, 0.15) is 32.8 Å². The van der Waals surface area contributed by atoms with Crippen LogP contribution in [0.25, 0.3) is 0 Å². The summed E-state index contributed by atoms with van der Waals surface area (Å²) >= 11 is 6.21. The molecule has 0 amide bonds. The predicted octanol–water partition coefficient (Wildman–Crippen LogP) is 3.33. The fourth-order valence-electron chi connectivity index (χ4n) is 1.93. The predicted molar refractivity (Wildman–Crippen MR) is 87.1 cm³/mol. The third-order valence-electron chi connectivity index (χ3n) is 2.89. The molecule has 3 nitrogen and oxygen atoms in total. The van der Waals surface area contributed by atoms with Gasteiger partial charge in [0, 0.05) is 19.3 Å². The minimum atomic E-state index is 0.571. The third-order valence-corrected chi connectivity index (χ3v) is 3.23. The zero-order chi connectivity index (χ0) is 15.0. The Bertz CT molecular complexity index is 452. The van der Waals surface area contributed by atoms with E-state index in [1.165, 1.54) is 0 Å². The van der Waals surface area contributed by atoms with Gasteiger partial charge in [0.05, 0.1) is 11.6 Å². The van der Waals surface area contributed by atoms with Gasteiger partial charge in [0.25, 0.3) is 0 Å². The van der Waals surface area contributed by atoms with E-state index in [2.05, 4.69) is 41.9 Å². The summed E-state index contributed by atoms with van der Waals surface area (Å²) in [5.41, 5.74) is 1.07. The molecule has 1 rings (SSSR count). The van der Waals surface area contributed by atoms with Crippen molar-refractivity contribution in [2.24, 2.45) is 5.92 Å². The minimum absolute atomic E-state index is 0.571. The van der Waals surface area contributed by atoms with E-state index in [0.29, 0.717) is 17.5 Å². The number of pyridine rings is 1. The molecular formula is C16H24ClN3. The molecular weight excluding hydrogens is 270 g/mol. The molecule has 0 saturated carbocycles. The SMILES string of the molecule is C#CCN(CCC)c1cc(CNCC(C)C)c(Cl)cn1. The molecule has 1 heterocycles. The van der Waals surface area contributed by atoms with E-state index in [-0.39, 0.29) is 0 Å². The van der Waals surface area contributed by atoms with Crippen LogP contribution in [0.15, 0.2) is 12.3 Å². The van der Waals surface area contributed by atoms with Gasteiger partial charge in [0.15, 0.2) is 0 Å². The molecule has 0 saturated heterocycles. The number of anilines is 1. The molecule has 1 aromatic heterocycles. The van der Waals surface area contributed by atoms with Gasteiger partial charge in [0.2, 0.25) is 0 Å². The minimum Gasteiger partial charge on any atom is -0.345 e. The van der Waals surface area contributed by atoms with Crippen molar-refractivity contribution in [1.29, 1.82) is 0 Å². The standard InChI is InChI=1S/C16H24ClN3/c1-5-7-20(8-6-2)16-9-14(15(17)12-19-16)11-18-10-13(3)4/h1,9,12-13,18H,6-8,10-11H2,2-4H3. The number of rotatable bonds is 8. The number of nitrogens with one attached hydrogen (secondary N) is 1. The first-order valence-corrected chi connectivity index (χ1v) is 7.49. The van der Waals surface area contributed by atoms with Crippen molar-refractivity contribution >= 4 is 17.4 Å². The molecule has 1 N–H and O–H groups in total. The van der Waals surface area contributed by atoms with E-state index in [0.717, 1.165) is 37.4 Å². The Morgan fingerprint density at radius 1 is 1.50 bits per heavy atom. The zero-order valence-electron chi connectivity index (χ0n) is 12.6. The van der Waals surface area contributed by atoms with E-state index in [1.807, 2.05) is 6.07 Å². The van der Waals surface area contributed by atoms with Gasteiger partial charge >= 0.3 is 0 Å². The van der Waals surface area contributed by atoms with Crippen molar-refractivity contribution in [3.8, 4) is 12.3 Å². The fraction of sp³-hybridized carbons (Fsp3) is 0.562. The van der Waals surface area contributed by atoms with Crippen LogP contribution in [0.2, 0.25) is 5.02 Å². The second-order valence-corrected chi connectivity index (χ2v) is 5.69. The maximum atomic E-state index is 6.21. The summed E-state index contributed by atoms with van der Waals surface area (Å²) in [5.74, 6) is 4.20. The molecule has 0 aliphatic rings. The normalized spacial score (nSPS) is 10.6. The van der Waals surface area contributed by atoms with Crippen LogP contribution in [0, 0.1) is 18.3 Å². The van der Waals surface area contributed by atoms with Crippen LogP contribution in [-0.4, -0.2) is 24.6 Å². The van der Waals surface area contributed by atoms with E-state index in [1.54, 1.807) is 6.20 Å². The molecule has 0 bridgehead atoms. The lowest BCUT2D eigenvalue weighted by Crippen LogP contribution is -2.26. The molecule has 0 spiro atoms. The topological polar surface area (TPSA) is 28.2 Å². The molecule has 0 aliphatic heterocycles. The summed E-state index contributed by atoms with van der Waals surface area (Å²) in [4.78, 5) is 6.49. The fourth-order valence-corrected chi connectivity index (χ4v) is 2.10. The highest BCUT2D eigenvalue weighted by Gasteiger charge is 2.09. The van der Waals surface area contributed by atoms with Gasteiger partial charge in [-0.3, -0.25) is 0 Å². The average Bonchev–Trinajstić information content (AvgIpc) is 2.40. The number of halogens is 1. The monoisotopic (exact) mass is 293 g/mol. The molecule has 0 aliphatic carbocycles. The molecule has 20 heavy (non-hydrogen) atoms. The van der Waals surface area contributed by atoms with Gasteiger partial charge in [-0.2, -0.15) is 0 Å². The molecule has 110 valence electrons. The highest BCUT2D eigenvalue weighted by atomic mass is 35.5. The molecule has 0 aromatic carbocycles. The maximum absolute atomic E-state index is 6.21. The van der Waals surface area contributed by atoms with Crippen LogP contribution in [0.4, 0.5) is 5.82 Å². The Hall–Kier alpha value is -1.24. The first kappa shape index (κ1) is 16.8. The summed E-state index contributed by atoms with van der Waals surface area (Å²) in [7, 11) is 0. The molecule has 0 radical (unpaired) electrons. The Balaban J connectivity index is 2.80. The van der Waals surface area contributed by atoms with Crippen LogP contribution in [0.5, 0.6) is 0 Å². The van der Waals surface area contributed by atoms with Crippen molar-refractivity contribution in [3.63, 3.8) is 0 Å². The van der Waals surface area contributed by atoms with Crippen LogP contribution < -0.4 is 10.2 Å². The van der Waals surface area contributed by atoms with Gasteiger partial charge in [-0.1, -0.05) is 38.3 Å². The largest absolute Gasteiger partial charge is 0.345 e. The number of aromatic nitrogens is 1. The zero-order valence-corrected chi connectivity index (χ0v) is 13.4. The number of hydrogen-bond acceptors (Lipinski definition) is 3. The lowest BCUT2D eigenvalue weighted by atomic mass is 10.2. The van der Waals surface area contributed by atoms with Gasteiger partial charge < -0.3 is 10.2 Å². The van der Waals surface area contributed by atoms with E-state index in [9.17, 15) is 0 Å². The third kappa shape index (κ3) is 5.40. The number of terminal acetylenes is 1. The van der Waals surface area contributed by atoms with Crippen molar-refractivity contribution in [1.82, 2.24) is 10.3 Å². The van der Waals surface area contributed by atoms with Crippen LogP contribution in [-0.2, 0) is 6.54 Å². The Morgan fingerprint density at radius 2 is 2.25 bits per heavy atom. The maximum Gasteiger partial charge on any atom is 0.129 e. The summed E-state index contributed by atoms with van der Waals surface area (Å²) < 4.78 is 0. The first-order valence-electron chi connectivity index (χ1n) is 7.12. The number of nitrogens with zero attached hydrogens (tertiary/aromatic N) is 2. The molecule has 0 unspecified atom stereocenters. The van der Waals surface area contributed by atoms with Crippen LogP contribution >= 0.6 is 11.6 Å². The van der Waals surface area contributed by atoms with E-state index >= 15 is 0 Å². The quantitative estimate of drug-likeness (QED) is 0.745. The van der Waals surface area contributed by atoms with E-state index in [4.69, 9.17) is 18.0 Å². The summed E-state index contributed by atoms with van der Waals surface area (Å²) in [6.07, 6.45) is 8.17. The smallest absolute Gasteiger partial charge is 0.129 e. The highest BCUT2D eigenvalue weighted by molar-refractivity contribution is 6.31. The average molecular weight is 294 g/mol. The molecule has 0 atom stereocenters. The lowest BCUT2D eigenvalue weighted by Gasteiger charge is -2.21. The van der Waals surface area contributed by atoms with Gasteiger partial charge in [0.1, 0.15) is 5.82 Å². The lowest BCUT2D eigenvalue weighted by molar-refractivity contribution is 0.552. The van der Waals surface area contributed by atoms with Crippen LogP contribution in [0.3, 0.4) is 0 Å². The summed E-state index contributed by atoms with van der Waals surface area (Å²) in [5, 5.41) is 4.10. The second-order valence-electron chi connectivity index (χ2n) is 5.28. The first-order chi connectivity index (χ1) is 9.58. The summed E-state index contributed by atoms with van der Waals surface area (Å²) in [6.45, 7) is 9.69. The van der Waals surface area contributed by atoms with Crippen molar-refractivity contribution < 1.29 is 0 Å². The van der Waals surface area contributed by atoms with Crippen molar-refractivity contribution in [2.75, 3.05) is 24.5 Å². The van der Waals surface area contributed by atoms with Gasteiger partial charge in [-0.15, -0.1) is 6.42 Å². The Labute approximate surface area is 127 Å². The van der Waals surface area contributed by atoms with Gasteiger partial charge in [-0.25, -0.2) is 4.98 Å². The van der Waals surface area contributed by atoms with Gasteiger partial charge in [-0.05, 0) is 30.5 Å². The Morgan fingerprint density at radius 3 is 2.85 bits per heavy atom. The number of hydrogen-bond donors (Lipinski definition) is 1. The second kappa shape index (κ2) is 8.84. The Kier molecular flexibility index (Phi) is 7.43. The highest BCUT2D eigenvalue weighted by Crippen LogP contribution is 2.20. The van der Waals surface area contributed by atoms with Crippen molar-refractivity contribution in [3.05, 3.63) is 22.8 Å². The van der Waals surface area contributed by atoms with Crippen molar-refractivity contribution in [2.45, 2.75) is 33.7 Å². The molecule has 0 fully saturated rings. The summed E-state index contributed by atoms with van der Waals surface area (Å²) in [6, 6.07) is 2.03. The molecule has 1 aromatic rings. The molecule has 4 heteroatoms.